The molecule has 28 heavy (non-hydrogen) atoms. The number of fused-ring (bicyclic) bond motifs is 1. The van der Waals surface area contributed by atoms with Gasteiger partial charge in [-0.15, -0.1) is 0 Å². The molecule has 0 bridgehead atoms. The molecule has 11 heteroatoms. The zero-order valence-electron chi connectivity index (χ0n) is 16.8. The third-order valence-corrected chi connectivity index (χ3v) is 5.29. The molecule has 0 unspecified atom stereocenters. The van der Waals surface area contributed by atoms with Crippen LogP contribution in [0.4, 0.5) is 4.79 Å². The predicted molar refractivity (Wildman–Crippen MR) is 97.7 cm³/mol. The van der Waals surface area contributed by atoms with Gasteiger partial charge in [-0.05, 0) is 40.0 Å². The van der Waals surface area contributed by atoms with Crippen LogP contribution in [0.5, 0.6) is 0 Å². The van der Waals surface area contributed by atoms with Gasteiger partial charge < -0.3 is 19.7 Å². The standard InChI is InChI=1S/C17H28N2O8S/c1-17(2,3)27-16(22)18-11-8-10(9-26-28(5,23)24)12-6-7-13(15(21)25-4)19(12)14(11)20/h10-13H,6-9H2,1-5H3,(H,18,22)/t10-,11+,12-,13+/m1/s1. The Hall–Kier alpha value is -1.88. The van der Waals surface area contributed by atoms with E-state index in [0.29, 0.717) is 12.8 Å². The number of methoxy groups -OCH3 is 1. The third-order valence-electron chi connectivity index (χ3n) is 4.72. The Labute approximate surface area is 165 Å². The number of ether oxygens (including phenoxy) is 2. The summed E-state index contributed by atoms with van der Waals surface area (Å²) in [6, 6.07) is -2.09. The second kappa shape index (κ2) is 8.24. The zero-order chi connectivity index (χ0) is 21.3. The molecule has 10 nitrogen and oxygen atoms in total. The smallest absolute Gasteiger partial charge is 0.408 e. The summed E-state index contributed by atoms with van der Waals surface area (Å²) in [5.41, 5.74) is -0.745. The number of hydrogen-bond donors (Lipinski definition) is 1. The molecule has 2 amide bonds. The normalized spacial score (nSPS) is 27.9. The highest BCUT2D eigenvalue weighted by molar-refractivity contribution is 7.85. The van der Waals surface area contributed by atoms with Crippen LogP contribution in [0.15, 0.2) is 0 Å². The van der Waals surface area contributed by atoms with Gasteiger partial charge in [0.15, 0.2) is 0 Å². The van der Waals surface area contributed by atoms with Crippen molar-refractivity contribution >= 4 is 28.1 Å². The zero-order valence-corrected chi connectivity index (χ0v) is 17.6. The van der Waals surface area contributed by atoms with Crippen LogP contribution in [-0.4, -0.2) is 75.0 Å². The first-order valence-corrected chi connectivity index (χ1v) is 10.9. The lowest BCUT2D eigenvalue weighted by Gasteiger charge is -2.42. The molecule has 0 aromatic carbocycles. The quantitative estimate of drug-likeness (QED) is 0.500. The third kappa shape index (κ3) is 5.57. The summed E-state index contributed by atoms with van der Waals surface area (Å²) in [7, 11) is -2.43. The lowest BCUT2D eigenvalue weighted by molar-refractivity contribution is -0.156. The lowest BCUT2D eigenvalue weighted by atomic mass is 9.87. The highest BCUT2D eigenvalue weighted by atomic mass is 32.2. The summed E-state index contributed by atoms with van der Waals surface area (Å²) < 4.78 is 37.7. The summed E-state index contributed by atoms with van der Waals surface area (Å²) in [6.07, 6.45) is 1.28. The maximum Gasteiger partial charge on any atom is 0.408 e. The van der Waals surface area contributed by atoms with Crippen molar-refractivity contribution < 1.29 is 36.5 Å². The number of nitrogens with one attached hydrogen (secondary N) is 1. The number of piperidine rings is 1. The van der Waals surface area contributed by atoms with Gasteiger partial charge in [-0.1, -0.05) is 0 Å². The molecule has 2 aliphatic heterocycles. The minimum absolute atomic E-state index is 0.145. The average Bonchev–Trinajstić information content (AvgIpc) is 2.98. The molecular formula is C17H28N2O8S. The topological polar surface area (TPSA) is 128 Å². The summed E-state index contributed by atoms with van der Waals surface area (Å²) in [6.45, 7) is 4.94. The minimum Gasteiger partial charge on any atom is -0.467 e. The van der Waals surface area contributed by atoms with E-state index in [9.17, 15) is 22.8 Å². The van der Waals surface area contributed by atoms with Crippen molar-refractivity contribution in [1.82, 2.24) is 10.2 Å². The molecule has 2 aliphatic rings. The Balaban J connectivity index is 2.22. The summed E-state index contributed by atoms with van der Waals surface area (Å²) >= 11 is 0. The lowest BCUT2D eigenvalue weighted by Crippen LogP contribution is -2.61. The van der Waals surface area contributed by atoms with Gasteiger partial charge in [0.1, 0.15) is 17.7 Å². The van der Waals surface area contributed by atoms with E-state index in [1.807, 2.05) is 0 Å². The Kier molecular flexibility index (Phi) is 6.59. The Bertz CT molecular complexity index is 730. The van der Waals surface area contributed by atoms with E-state index in [-0.39, 0.29) is 25.0 Å². The first-order valence-electron chi connectivity index (χ1n) is 9.06. The number of rotatable bonds is 5. The number of esters is 1. The van der Waals surface area contributed by atoms with Crippen molar-refractivity contribution in [2.75, 3.05) is 20.0 Å². The van der Waals surface area contributed by atoms with Crippen LogP contribution < -0.4 is 5.32 Å². The fourth-order valence-corrected chi connectivity index (χ4v) is 4.11. The summed E-state index contributed by atoms with van der Waals surface area (Å²) in [5.74, 6) is -1.34. The Morgan fingerprint density at radius 2 is 1.89 bits per heavy atom. The predicted octanol–water partition coefficient (Wildman–Crippen LogP) is 0.408. The van der Waals surface area contributed by atoms with Crippen molar-refractivity contribution in [3.63, 3.8) is 0 Å². The van der Waals surface area contributed by atoms with E-state index >= 15 is 0 Å². The van der Waals surface area contributed by atoms with Crippen LogP contribution in [0.3, 0.4) is 0 Å². The molecule has 2 rings (SSSR count). The van der Waals surface area contributed by atoms with Crippen molar-refractivity contribution in [2.24, 2.45) is 5.92 Å². The van der Waals surface area contributed by atoms with E-state index in [1.165, 1.54) is 12.0 Å². The number of hydrogen-bond acceptors (Lipinski definition) is 8. The van der Waals surface area contributed by atoms with Crippen LogP contribution >= 0.6 is 0 Å². The first-order chi connectivity index (χ1) is 12.8. The van der Waals surface area contributed by atoms with Gasteiger partial charge in [0.25, 0.3) is 10.1 Å². The van der Waals surface area contributed by atoms with Crippen molar-refractivity contribution in [3.05, 3.63) is 0 Å². The molecule has 1 N–H and O–H groups in total. The fraction of sp³-hybridized carbons (Fsp3) is 0.824. The van der Waals surface area contributed by atoms with Gasteiger partial charge in [0.05, 0.1) is 20.0 Å². The van der Waals surface area contributed by atoms with E-state index in [4.69, 9.17) is 13.7 Å². The summed E-state index contributed by atoms with van der Waals surface area (Å²) in [5, 5.41) is 2.53. The van der Waals surface area contributed by atoms with Crippen molar-refractivity contribution in [3.8, 4) is 0 Å². The monoisotopic (exact) mass is 420 g/mol. The molecule has 4 atom stereocenters. The Morgan fingerprint density at radius 3 is 2.43 bits per heavy atom. The number of amides is 2. The average molecular weight is 420 g/mol. The molecule has 2 heterocycles. The second-order valence-corrected chi connectivity index (χ2v) is 9.76. The van der Waals surface area contributed by atoms with Crippen LogP contribution in [0.1, 0.15) is 40.0 Å². The molecule has 0 aromatic heterocycles. The highest BCUT2D eigenvalue weighted by Crippen LogP contribution is 2.37. The number of alkyl carbamates (subject to hydrolysis) is 1. The van der Waals surface area contributed by atoms with Gasteiger partial charge in [-0.2, -0.15) is 8.42 Å². The number of nitrogens with zero attached hydrogens (tertiary/aromatic N) is 1. The molecule has 0 radical (unpaired) electrons. The molecule has 0 spiro atoms. The van der Waals surface area contributed by atoms with E-state index in [2.05, 4.69) is 5.32 Å². The maximum atomic E-state index is 13.0. The minimum atomic E-state index is -3.67. The van der Waals surface area contributed by atoms with E-state index in [0.717, 1.165) is 6.26 Å². The van der Waals surface area contributed by atoms with Crippen molar-refractivity contribution in [1.29, 1.82) is 0 Å². The Morgan fingerprint density at radius 1 is 1.25 bits per heavy atom. The fourth-order valence-electron chi connectivity index (χ4n) is 3.69. The van der Waals surface area contributed by atoms with E-state index in [1.54, 1.807) is 20.8 Å². The van der Waals surface area contributed by atoms with Gasteiger partial charge in [-0.3, -0.25) is 8.98 Å². The molecule has 0 aliphatic carbocycles. The largest absolute Gasteiger partial charge is 0.467 e. The first kappa shape index (κ1) is 22.4. The van der Waals surface area contributed by atoms with Gasteiger partial charge in [-0.25, -0.2) is 9.59 Å². The molecule has 160 valence electrons. The molecular weight excluding hydrogens is 392 g/mol. The summed E-state index contributed by atoms with van der Waals surface area (Å²) in [4.78, 5) is 38.6. The highest BCUT2D eigenvalue weighted by Gasteiger charge is 2.51. The molecule has 2 saturated heterocycles. The van der Waals surface area contributed by atoms with Crippen LogP contribution in [0.25, 0.3) is 0 Å². The number of carbonyl (C=O) groups is 3. The molecule has 0 aromatic rings. The van der Waals surface area contributed by atoms with E-state index < -0.39 is 45.8 Å². The molecule has 0 saturated carbocycles. The van der Waals surface area contributed by atoms with Crippen molar-refractivity contribution in [2.45, 2.75) is 63.8 Å². The van der Waals surface area contributed by atoms with Crippen LogP contribution in [0, 0.1) is 5.92 Å². The van der Waals surface area contributed by atoms with Gasteiger partial charge >= 0.3 is 12.1 Å². The van der Waals surface area contributed by atoms with Gasteiger partial charge in [0, 0.05) is 12.0 Å². The number of carbonyl (C=O) groups excluding carboxylic acids is 3. The SMILES string of the molecule is COC(=O)[C@@H]1CC[C@@H]2[C@@H](COS(C)(=O)=O)C[C@H](NC(=O)OC(C)(C)C)C(=O)N21. The molecule has 2 fully saturated rings. The second-order valence-electron chi connectivity index (χ2n) is 8.11. The maximum absolute atomic E-state index is 13.0. The van der Waals surface area contributed by atoms with Gasteiger partial charge in [0.2, 0.25) is 5.91 Å². The van der Waals surface area contributed by atoms with Crippen LogP contribution in [-0.2, 0) is 33.4 Å². The van der Waals surface area contributed by atoms with Crippen LogP contribution in [0.2, 0.25) is 0 Å².